The molecule has 1 atom stereocenters. The monoisotopic (exact) mass is 461 g/mol. The summed E-state index contributed by atoms with van der Waals surface area (Å²) < 4.78 is 31.7. The molecule has 1 unspecified atom stereocenters. The van der Waals surface area contributed by atoms with E-state index in [1.807, 2.05) is 65.0 Å². The molecule has 7 heteroatoms. The Labute approximate surface area is 192 Å². The van der Waals surface area contributed by atoms with Crippen molar-refractivity contribution in [1.29, 1.82) is 0 Å². The van der Waals surface area contributed by atoms with E-state index in [4.69, 9.17) is 9.57 Å². The number of benzene rings is 2. The van der Waals surface area contributed by atoms with Gasteiger partial charge in [-0.1, -0.05) is 30.3 Å². The lowest BCUT2D eigenvalue weighted by Gasteiger charge is -2.22. The van der Waals surface area contributed by atoms with Crippen LogP contribution in [0.15, 0.2) is 59.5 Å². The molecule has 0 radical (unpaired) electrons. The van der Waals surface area contributed by atoms with Crippen LogP contribution < -0.4 is 10.2 Å². The summed E-state index contributed by atoms with van der Waals surface area (Å²) in [6, 6.07) is 16.3. The van der Waals surface area contributed by atoms with E-state index in [9.17, 15) is 13.2 Å². The zero-order valence-corrected chi connectivity index (χ0v) is 20.4. The van der Waals surface area contributed by atoms with Crippen molar-refractivity contribution in [2.45, 2.75) is 70.5 Å². The van der Waals surface area contributed by atoms with Crippen LogP contribution in [0.1, 0.15) is 53.0 Å². The Hall–Kier alpha value is -2.38. The summed E-state index contributed by atoms with van der Waals surface area (Å²) in [4.78, 5) is 18.4. The lowest BCUT2D eigenvalue weighted by molar-refractivity contribution is -0.149. The van der Waals surface area contributed by atoms with Gasteiger partial charge >= 0.3 is 0 Å². The topological polar surface area (TPSA) is 81.7 Å². The number of sulfone groups is 1. The molecule has 0 spiro atoms. The van der Waals surface area contributed by atoms with Crippen LogP contribution in [0.3, 0.4) is 0 Å². The van der Waals surface area contributed by atoms with Crippen LogP contribution >= 0.6 is 0 Å². The highest BCUT2D eigenvalue weighted by atomic mass is 32.2. The third-order valence-electron chi connectivity index (χ3n) is 4.66. The number of hydrogen-bond donors (Lipinski definition) is 1. The minimum atomic E-state index is -3.67. The maximum atomic E-state index is 13.1. The molecule has 0 bridgehead atoms. The van der Waals surface area contributed by atoms with Gasteiger partial charge in [0.25, 0.3) is 0 Å². The van der Waals surface area contributed by atoms with E-state index in [1.165, 1.54) is 12.1 Å². The van der Waals surface area contributed by atoms with E-state index < -0.39 is 27.3 Å². The van der Waals surface area contributed by atoms with Gasteiger partial charge in [-0.15, -0.1) is 0 Å². The van der Waals surface area contributed by atoms with Crippen molar-refractivity contribution in [3.8, 4) is 5.75 Å². The minimum Gasteiger partial charge on any atom is -0.491 e. The molecule has 0 aromatic heterocycles. The number of hydroxylamine groups is 1. The van der Waals surface area contributed by atoms with Crippen LogP contribution in [0, 0.1) is 5.92 Å². The average molecular weight is 462 g/mol. The van der Waals surface area contributed by atoms with Crippen LogP contribution in [-0.4, -0.2) is 31.8 Å². The maximum Gasteiger partial charge on any atom is 0.247 e. The van der Waals surface area contributed by atoms with Crippen LogP contribution in [0.4, 0.5) is 0 Å². The fraction of sp³-hybridized carbons (Fsp3) is 0.480. The molecule has 2 aromatic rings. The predicted molar refractivity (Wildman–Crippen MR) is 126 cm³/mol. The lowest BCUT2D eigenvalue weighted by atomic mass is 10.0. The smallest absolute Gasteiger partial charge is 0.247 e. The molecule has 1 amide bonds. The number of carbonyl (C=O) groups is 1. The third kappa shape index (κ3) is 9.01. The van der Waals surface area contributed by atoms with E-state index in [-0.39, 0.29) is 16.8 Å². The van der Waals surface area contributed by atoms with E-state index >= 15 is 0 Å². The highest BCUT2D eigenvalue weighted by Gasteiger charge is 2.28. The van der Waals surface area contributed by atoms with Crippen molar-refractivity contribution in [2.24, 2.45) is 5.92 Å². The van der Waals surface area contributed by atoms with Gasteiger partial charge in [0.1, 0.15) is 5.75 Å². The standard InChI is InChI=1S/C25H35NO5S/c1-19(2)30-22-14-16-23(17-15-22)32(28,29)18-21(24(27)26-31-25(3,4)5)13-9-12-20-10-7-6-8-11-20/h6-8,10-11,14-17,19,21H,9,12-13,18H2,1-5H3,(H,26,27). The van der Waals surface area contributed by atoms with Gasteiger partial charge in [0.05, 0.1) is 28.3 Å². The Morgan fingerprint density at radius 2 is 1.62 bits per heavy atom. The fourth-order valence-corrected chi connectivity index (χ4v) is 4.72. The van der Waals surface area contributed by atoms with Crippen LogP contribution in [0.2, 0.25) is 0 Å². The molecule has 0 saturated heterocycles. The number of nitrogens with one attached hydrogen (secondary N) is 1. The number of amides is 1. The average Bonchev–Trinajstić information content (AvgIpc) is 2.71. The molecule has 176 valence electrons. The summed E-state index contributed by atoms with van der Waals surface area (Å²) in [5, 5.41) is 0. The Kier molecular flexibility index (Phi) is 9.28. The van der Waals surface area contributed by atoms with Crippen LogP contribution in [0.5, 0.6) is 5.75 Å². The number of hydrogen-bond acceptors (Lipinski definition) is 5. The molecule has 2 aromatic carbocycles. The Bertz CT molecular complexity index is 948. The van der Waals surface area contributed by atoms with Gasteiger partial charge in [-0.05, 0) is 83.7 Å². The molecule has 2 rings (SSSR count). The molecule has 32 heavy (non-hydrogen) atoms. The third-order valence-corrected chi connectivity index (χ3v) is 6.50. The SMILES string of the molecule is CC(C)Oc1ccc(S(=O)(=O)CC(CCCc2ccccc2)C(=O)NOC(C)(C)C)cc1. The first-order chi connectivity index (χ1) is 15.0. The van der Waals surface area contributed by atoms with Crippen molar-refractivity contribution in [1.82, 2.24) is 5.48 Å². The van der Waals surface area contributed by atoms with Crippen molar-refractivity contribution >= 4 is 15.7 Å². The largest absolute Gasteiger partial charge is 0.491 e. The first kappa shape index (κ1) is 25.9. The molecule has 6 nitrogen and oxygen atoms in total. The fourth-order valence-electron chi connectivity index (χ4n) is 3.13. The Balaban J connectivity index is 2.11. The van der Waals surface area contributed by atoms with Gasteiger partial charge in [0, 0.05) is 0 Å². The number of ether oxygens (including phenoxy) is 1. The quantitative estimate of drug-likeness (QED) is 0.489. The highest BCUT2D eigenvalue weighted by Crippen LogP contribution is 2.22. The first-order valence-corrected chi connectivity index (χ1v) is 12.6. The Morgan fingerprint density at radius 1 is 1.00 bits per heavy atom. The number of aryl methyl sites for hydroxylation is 1. The van der Waals surface area contributed by atoms with E-state index in [1.54, 1.807) is 12.1 Å². The Morgan fingerprint density at radius 3 is 2.19 bits per heavy atom. The van der Waals surface area contributed by atoms with E-state index in [0.29, 0.717) is 18.6 Å². The van der Waals surface area contributed by atoms with Crippen molar-refractivity contribution < 1.29 is 22.8 Å². The molecule has 0 aliphatic rings. The molecule has 0 heterocycles. The maximum absolute atomic E-state index is 13.1. The zero-order chi connectivity index (χ0) is 23.8. The molecule has 0 saturated carbocycles. The summed E-state index contributed by atoms with van der Waals surface area (Å²) in [7, 11) is -3.67. The molecule has 1 N–H and O–H groups in total. The van der Waals surface area contributed by atoms with Gasteiger partial charge in [-0.3, -0.25) is 9.63 Å². The summed E-state index contributed by atoms with van der Waals surface area (Å²) in [5.74, 6) is -0.824. The summed E-state index contributed by atoms with van der Waals surface area (Å²) in [6.07, 6.45) is 1.89. The van der Waals surface area contributed by atoms with Gasteiger partial charge in [0.2, 0.25) is 5.91 Å². The van der Waals surface area contributed by atoms with Crippen molar-refractivity contribution in [3.63, 3.8) is 0 Å². The molecule has 0 fully saturated rings. The second-order valence-electron chi connectivity index (χ2n) is 9.17. The van der Waals surface area contributed by atoms with Crippen molar-refractivity contribution in [2.75, 3.05) is 5.75 Å². The van der Waals surface area contributed by atoms with Crippen molar-refractivity contribution in [3.05, 3.63) is 60.2 Å². The highest BCUT2D eigenvalue weighted by molar-refractivity contribution is 7.91. The van der Waals surface area contributed by atoms with Crippen LogP contribution in [-0.2, 0) is 25.9 Å². The minimum absolute atomic E-state index is 0.00188. The number of rotatable bonds is 11. The van der Waals surface area contributed by atoms with Gasteiger partial charge in [-0.25, -0.2) is 13.9 Å². The normalized spacial score (nSPS) is 13.1. The molecule has 0 aliphatic carbocycles. The second-order valence-corrected chi connectivity index (χ2v) is 11.2. The summed E-state index contributed by atoms with van der Waals surface area (Å²) >= 11 is 0. The van der Waals surface area contributed by atoms with Gasteiger partial charge in [-0.2, -0.15) is 0 Å². The zero-order valence-electron chi connectivity index (χ0n) is 19.6. The van der Waals surface area contributed by atoms with Gasteiger partial charge < -0.3 is 4.74 Å². The lowest BCUT2D eigenvalue weighted by Crippen LogP contribution is -2.39. The molecular formula is C25H35NO5S. The van der Waals surface area contributed by atoms with E-state index in [0.717, 1.165) is 12.0 Å². The second kappa shape index (κ2) is 11.5. The molecular weight excluding hydrogens is 426 g/mol. The van der Waals surface area contributed by atoms with Crippen LogP contribution in [0.25, 0.3) is 0 Å². The first-order valence-electron chi connectivity index (χ1n) is 11.0. The molecule has 0 aliphatic heterocycles. The summed E-state index contributed by atoms with van der Waals surface area (Å²) in [5.41, 5.74) is 3.03. The summed E-state index contributed by atoms with van der Waals surface area (Å²) in [6.45, 7) is 9.26. The van der Waals surface area contributed by atoms with Gasteiger partial charge in [0.15, 0.2) is 9.84 Å². The van der Waals surface area contributed by atoms with E-state index in [2.05, 4.69) is 5.48 Å². The predicted octanol–water partition coefficient (Wildman–Crippen LogP) is 4.73. The number of carbonyl (C=O) groups excluding carboxylic acids is 1.